The first-order chi connectivity index (χ1) is 11.5. The minimum Gasteiger partial charge on any atom is -0.368 e. The summed E-state index contributed by atoms with van der Waals surface area (Å²) in [6.45, 7) is 1.83. The first-order valence-corrected chi connectivity index (χ1v) is 7.48. The Morgan fingerprint density at radius 3 is 3.00 bits per heavy atom. The van der Waals surface area contributed by atoms with Crippen LogP contribution < -0.4 is 16.6 Å². The fourth-order valence-corrected chi connectivity index (χ4v) is 2.67. The number of nitrogens with one attached hydrogen (secondary N) is 2. The largest absolute Gasteiger partial charge is 0.368 e. The maximum absolute atomic E-state index is 12.3. The molecule has 0 bridgehead atoms. The van der Waals surface area contributed by atoms with E-state index in [0.29, 0.717) is 21.9 Å². The third kappa shape index (κ3) is 2.87. The summed E-state index contributed by atoms with van der Waals surface area (Å²) >= 11 is 6.08. The SMILES string of the molecule is C[C@H](Nc1nc(N)ncc1C#N)c1cc2cccc(Cl)c2c(=O)[nH]1. The molecule has 3 rings (SSSR count). The molecule has 0 unspecified atom stereocenters. The number of anilines is 2. The Kier molecular flexibility index (Phi) is 4.06. The number of pyridine rings is 1. The molecule has 4 N–H and O–H groups in total. The summed E-state index contributed by atoms with van der Waals surface area (Å²) in [6.07, 6.45) is 1.35. The number of halogens is 1. The van der Waals surface area contributed by atoms with Crippen molar-refractivity contribution in [1.82, 2.24) is 15.0 Å². The minimum absolute atomic E-state index is 0.0579. The van der Waals surface area contributed by atoms with Crippen LogP contribution in [0, 0.1) is 11.3 Å². The monoisotopic (exact) mass is 340 g/mol. The zero-order valence-corrected chi connectivity index (χ0v) is 13.4. The van der Waals surface area contributed by atoms with Crippen molar-refractivity contribution >= 4 is 34.1 Å². The molecule has 0 fully saturated rings. The standard InChI is InChI=1S/C16H13ClN6O/c1-8(21-14-10(6-18)7-20-16(19)23-14)12-5-9-3-2-4-11(17)13(9)15(24)22-12/h2-5,7-8H,1H3,(H,22,24)(H3,19,20,21,23)/t8-/m0/s1. The van der Waals surface area contributed by atoms with E-state index in [1.807, 2.05) is 25.1 Å². The molecule has 2 aromatic heterocycles. The number of aromatic amines is 1. The molecule has 0 aliphatic rings. The van der Waals surface area contributed by atoms with Crippen LogP contribution in [0.15, 0.2) is 35.3 Å². The Balaban J connectivity index is 2.01. The van der Waals surface area contributed by atoms with E-state index in [1.165, 1.54) is 6.20 Å². The Morgan fingerprint density at radius 2 is 2.25 bits per heavy atom. The summed E-state index contributed by atoms with van der Waals surface area (Å²) < 4.78 is 0. The summed E-state index contributed by atoms with van der Waals surface area (Å²) in [6, 6.07) is 8.78. The molecule has 0 aliphatic carbocycles. The summed E-state index contributed by atoms with van der Waals surface area (Å²) in [7, 11) is 0. The van der Waals surface area contributed by atoms with Crippen LogP contribution in [0.5, 0.6) is 0 Å². The number of hydrogen-bond donors (Lipinski definition) is 3. The van der Waals surface area contributed by atoms with Crippen molar-refractivity contribution in [3.63, 3.8) is 0 Å². The predicted octanol–water partition coefficient (Wildman–Crippen LogP) is 2.60. The molecular formula is C16H13ClN6O. The van der Waals surface area contributed by atoms with E-state index in [9.17, 15) is 4.79 Å². The molecule has 0 spiro atoms. The lowest BCUT2D eigenvalue weighted by Gasteiger charge is -2.16. The van der Waals surface area contributed by atoms with Crippen molar-refractivity contribution in [3.05, 3.63) is 57.1 Å². The van der Waals surface area contributed by atoms with E-state index >= 15 is 0 Å². The summed E-state index contributed by atoms with van der Waals surface area (Å²) in [5.74, 6) is 0.368. The second-order valence-corrected chi connectivity index (χ2v) is 5.63. The molecule has 1 atom stereocenters. The fraction of sp³-hybridized carbons (Fsp3) is 0.125. The van der Waals surface area contributed by atoms with Crippen LogP contribution in [0.1, 0.15) is 24.2 Å². The Labute approximate surface area is 142 Å². The number of nitriles is 1. The van der Waals surface area contributed by atoms with Crippen LogP contribution >= 0.6 is 11.6 Å². The predicted molar refractivity (Wildman–Crippen MR) is 92.8 cm³/mol. The molecule has 7 nitrogen and oxygen atoms in total. The van der Waals surface area contributed by atoms with E-state index in [4.69, 9.17) is 22.6 Å². The molecule has 0 aliphatic heterocycles. The number of aromatic nitrogens is 3. The molecule has 0 saturated heterocycles. The number of nitrogens with two attached hydrogens (primary N) is 1. The van der Waals surface area contributed by atoms with Crippen LogP contribution in [-0.2, 0) is 0 Å². The van der Waals surface area contributed by atoms with Crippen molar-refractivity contribution in [2.24, 2.45) is 0 Å². The van der Waals surface area contributed by atoms with Gasteiger partial charge in [-0.1, -0.05) is 23.7 Å². The van der Waals surface area contributed by atoms with E-state index in [0.717, 1.165) is 5.39 Å². The summed E-state index contributed by atoms with van der Waals surface area (Å²) in [4.78, 5) is 22.9. The second-order valence-electron chi connectivity index (χ2n) is 5.23. The van der Waals surface area contributed by atoms with Crippen LogP contribution in [-0.4, -0.2) is 15.0 Å². The topological polar surface area (TPSA) is 120 Å². The Morgan fingerprint density at radius 1 is 1.46 bits per heavy atom. The number of hydrogen-bond acceptors (Lipinski definition) is 6. The first-order valence-electron chi connectivity index (χ1n) is 7.10. The number of nitrogen functional groups attached to an aromatic ring is 1. The van der Waals surface area contributed by atoms with E-state index in [-0.39, 0.29) is 23.1 Å². The molecule has 1 aromatic carbocycles. The average Bonchev–Trinajstić information content (AvgIpc) is 2.54. The van der Waals surface area contributed by atoms with Crippen LogP contribution in [0.25, 0.3) is 10.8 Å². The highest BCUT2D eigenvalue weighted by Gasteiger charge is 2.14. The van der Waals surface area contributed by atoms with Crippen molar-refractivity contribution in [2.45, 2.75) is 13.0 Å². The minimum atomic E-state index is -0.317. The molecule has 120 valence electrons. The van der Waals surface area contributed by atoms with Gasteiger partial charge >= 0.3 is 0 Å². The van der Waals surface area contributed by atoms with Gasteiger partial charge in [-0.05, 0) is 24.4 Å². The van der Waals surface area contributed by atoms with Gasteiger partial charge in [-0.15, -0.1) is 0 Å². The van der Waals surface area contributed by atoms with Crippen LogP contribution in [0.2, 0.25) is 5.02 Å². The Bertz CT molecular complexity index is 1020. The summed E-state index contributed by atoms with van der Waals surface area (Å²) in [5, 5.41) is 13.8. The normalized spacial score (nSPS) is 11.9. The lowest BCUT2D eigenvalue weighted by Crippen LogP contribution is -2.17. The van der Waals surface area contributed by atoms with E-state index in [1.54, 1.807) is 12.1 Å². The quantitative estimate of drug-likeness (QED) is 0.674. The van der Waals surface area contributed by atoms with Gasteiger partial charge in [0.15, 0.2) is 0 Å². The van der Waals surface area contributed by atoms with Gasteiger partial charge in [0.1, 0.15) is 17.5 Å². The van der Waals surface area contributed by atoms with E-state index in [2.05, 4.69) is 20.3 Å². The first kappa shape index (κ1) is 15.8. The number of rotatable bonds is 3. The lowest BCUT2D eigenvalue weighted by molar-refractivity contribution is 0.827. The van der Waals surface area contributed by atoms with Gasteiger partial charge in [0.2, 0.25) is 5.95 Å². The van der Waals surface area contributed by atoms with Gasteiger partial charge in [-0.25, -0.2) is 4.98 Å². The van der Waals surface area contributed by atoms with Crippen LogP contribution in [0.4, 0.5) is 11.8 Å². The van der Waals surface area contributed by atoms with Gasteiger partial charge in [-0.2, -0.15) is 10.2 Å². The molecule has 24 heavy (non-hydrogen) atoms. The summed E-state index contributed by atoms with van der Waals surface area (Å²) in [5.41, 5.74) is 6.19. The molecular weight excluding hydrogens is 328 g/mol. The molecule has 0 amide bonds. The highest BCUT2D eigenvalue weighted by atomic mass is 35.5. The molecule has 3 aromatic rings. The van der Waals surface area contributed by atoms with Crippen molar-refractivity contribution < 1.29 is 0 Å². The molecule has 0 radical (unpaired) electrons. The average molecular weight is 341 g/mol. The van der Waals surface area contributed by atoms with Crippen molar-refractivity contribution in [1.29, 1.82) is 5.26 Å². The maximum atomic E-state index is 12.3. The van der Waals surface area contributed by atoms with Crippen LogP contribution in [0.3, 0.4) is 0 Å². The Hall–Kier alpha value is -3.11. The number of nitrogens with zero attached hydrogens (tertiary/aromatic N) is 3. The third-order valence-electron chi connectivity index (χ3n) is 3.59. The van der Waals surface area contributed by atoms with Crippen molar-refractivity contribution in [3.8, 4) is 6.07 Å². The smallest absolute Gasteiger partial charge is 0.257 e. The number of H-pyrrole nitrogens is 1. The van der Waals surface area contributed by atoms with Gasteiger partial charge in [-0.3, -0.25) is 4.79 Å². The number of benzene rings is 1. The molecule has 2 heterocycles. The van der Waals surface area contributed by atoms with Gasteiger partial charge in [0.25, 0.3) is 5.56 Å². The zero-order valence-electron chi connectivity index (χ0n) is 12.7. The molecule has 8 heteroatoms. The highest BCUT2D eigenvalue weighted by Crippen LogP contribution is 2.24. The fourth-order valence-electron chi connectivity index (χ4n) is 2.40. The van der Waals surface area contributed by atoms with E-state index < -0.39 is 0 Å². The molecule has 0 saturated carbocycles. The van der Waals surface area contributed by atoms with Crippen molar-refractivity contribution in [2.75, 3.05) is 11.1 Å². The highest BCUT2D eigenvalue weighted by molar-refractivity contribution is 6.35. The zero-order chi connectivity index (χ0) is 17.3. The van der Waals surface area contributed by atoms with Gasteiger partial charge in [0, 0.05) is 5.69 Å². The van der Waals surface area contributed by atoms with Gasteiger partial charge < -0.3 is 16.0 Å². The number of fused-ring (bicyclic) bond motifs is 1. The van der Waals surface area contributed by atoms with Gasteiger partial charge in [0.05, 0.1) is 22.6 Å². The maximum Gasteiger partial charge on any atom is 0.257 e. The third-order valence-corrected chi connectivity index (χ3v) is 3.90. The second kappa shape index (κ2) is 6.18. The lowest BCUT2D eigenvalue weighted by atomic mass is 10.1.